The molecule has 0 aliphatic heterocycles. The van der Waals surface area contributed by atoms with Crippen LogP contribution in [0.5, 0.6) is 5.75 Å². The van der Waals surface area contributed by atoms with E-state index >= 15 is 0 Å². The van der Waals surface area contributed by atoms with E-state index in [1.807, 2.05) is 66.7 Å². The number of fused-ring (bicyclic) bond motifs is 1. The van der Waals surface area contributed by atoms with Gasteiger partial charge in [-0.15, -0.1) is 0 Å². The van der Waals surface area contributed by atoms with Crippen molar-refractivity contribution in [2.24, 2.45) is 0 Å². The molecule has 1 aromatic heterocycles. The Hall–Kier alpha value is -3.55. The lowest BCUT2D eigenvalue weighted by Crippen LogP contribution is -2.06. The average Bonchev–Trinajstić information content (AvgIpc) is 2.89. The lowest BCUT2D eigenvalue weighted by molar-refractivity contribution is -0.136. The van der Waals surface area contributed by atoms with Crippen LogP contribution in [0.3, 0.4) is 0 Å². The van der Waals surface area contributed by atoms with E-state index in [2.05, 4.69) is 4.98 Å². The van der Waals surface area contributed by atoms with Gasteiger partial charge in [-0.2, -0.15) is 11.8 Å². The third kappa shape index (κ3) is 7.47. The van der Waals surface area contributed by atoms with Crippen LogP contribution in [-0.4, -0.2) is 32.9 Å². The number of aliphatic carboxylic acids is 1. The predicted octanol–water partition coefficient (Wildman–Crippen LogP) is 7.05. The third-order valence-electron chi connectivity index (χ3n) is 5.89. The molecule has 4 aromatic rings. The first-order valence-corrected chi connectivity index (χ1v) is 13.2. The van der Waals surface area contributed by atoms with Gasteiger partial charge in [-0.1, -0.05) is 54.1 Å². The largest absolute Gasteiger partial charge is 0.487 e. The SMILES string of the molecule is O=C(O)CCSC(CCc1ccccc1C(=O)O)c1cccc(OCc2ccc3ccc(Cl)cc3n2)c1. The molecular weight excluding hydrogens is 510 g/mol. The second-order valence-electron chi connectivity index (χ2n) is 8.50. The van der Waals surface area contributed by atoms with E-state index < -0.39 is 11.9 Å². The zero-order valence-corrected chi connectivity index (χ0v) is 21.5. The molecule has 6 nitrogen and oxygen atoms in total. The molecule has 37 heavy (non-hydrogen) atoms. The van der Waals surface area contributed by atoms with Crippen molar-refractivity contribution in [3.63, 3.8) is 0 Å². The van der Waals surface area contributed by atoms with Crippen molar-refractivity contribution in [2.75, 3.05) is 5.75 Å². The Balaban J connectivity index is 1.48. The van der Waals surface area contributed by atoms with E-state index in [1.165, 1.54) is 0 Å². The van der Waals surface area contributed by atoms with Gasteiger partial charge in [-0.25, -0.2) is 9.78 Å². The fourth-order valence-electron chi connectivity index (χ4n) is 4.04. The van der Waals surface area contributed by atoms with Crippen LogP contribution in [0, 0.1) is 0 Å². The maximum atomic E-state index is 11.6. The van der Waals surface area contributed by atoms with Gasteiger partial charge in [0.05, 0.1) is 23.2 Å². The number of benzene rings is 3. The molecule has 2 N–H and O–H groups in total. The number of nitrogens with zero attached hydrogens (tertiary/aromatic N) is 1. The summed E-state index contributed by atoms with van der Waals surface area (Å²) in [6.45, 7) is 0.286. The number of carbonyl (C=O) groups is 2. The molecule has 0 spiro atoms. The second kappa shape index (κ2) is 12.6. The molecule has 0 saturated heterocycles. The summed E-state index contributed by atoms with van der Waals surface area (Å²) in [6, 6.07) is 24.2. The van der Waals surface area contributed by atoms with Gasteiger partial charge in [0.2, 0.25) is 0 Å². The first-order chi connectivity index (χ1) is 17.9. The van der Waals surface area contributed by atoms with E-state index in [-0.39, 0.29) is 23.8 Å². The zero-order valence-electron chi connectivity index (χ0n) is 20.0. The van der Waals surface area contributed by atoms with Crippen LogP contribution >= 0.6 is 23.4 Å². The molecule has 3 aromatic carbocycles. The number of hydrogen-bond acceptors (Lipinski definition) is 5. The smallest absolute Gasteiger partial charge is 0.335 e. The molecule has 0 aliphatic rings. The molecule has 1 heterocycles. The van der Waals surface area contributed by atoms with Crippen molar-refractivity contribution in [3.05, 3.63) is 106 Å². The molecule has 0 fully saturated rings. The maximum absolute atomic E-state index is 11.6. The topological polar surface area (TPSA) is 96.7 Å². The lowest BCUT2D eigenvalue weighted by Gasteiger charge is -2.18. The molecule has 4 rings (SSSR count). The molecule has 190 valence electrons. The van der Waals surface area contributed by atoms with Crippen molar-refractivity contribution < 1.29 is 24.5 Å². The molecule has 1 unspecified atom stereocenters. The molecule has 0 saturated carbocycles. The van der Waals surface area contributed by atoms with Gasteiger partial charge in [-0.05, 0) is 60.4 Å². The fourth-order valence-corrected chi connectivity index (χ4v) is 5.41. The summed E-state index contributed by atoms with van der Waals surface area (Å²) in [5.74, 6) is -0.662. The van der Waals surface area contributed by atoms with Gasteiger partial charge in [0.15, 0.2) is 0 Å². The number of rotatable bonds is 12. The Morgan fingerprint density at radius 1 is 0.973 bits per heavy atom. The van der Waals surface area contributed by atoms with Crippen LogP contribution in [0.25, 0.3) is 10.9 Å². The number of carboxylic acids is 2. The first-order valence-electron chi connectivity index (χ1n) is 11.8. The Labute approximate surface area is 224 Å². The normalized spacial score (nSPS) is 11.8. The highest BCUT2D eigenvalue weighted by Gasteiger charge is 2.17. The van der Waals surface area contributed by atoms with Crippen molar-refractivity contribution in [1.82, 2.24) is 4.98 Å². The summed E-state index contributed by atoms with van der Waals surface area (Å²) in [5, 5.41) is 20.2. The summed E-state index contributed by atoms with van der Waals surface area (Å²) in [6.07, 6.45) is 1.27. The zero-order chi connectivity index (χ0) is 26.2. The van der Waals surface area contributed by atoms with Gasteiger partial charge < -0.3 is 14.9 Å². The summed E-state index contributed by atoms with van der Waals surface area (Å²) >= 11 is 7.65. The Morgan fingerprint density at radius 2 is 1.78 bits per heavy atom. The summed E-state index contributed by atoms with van der Waals surface area (Å²) in [4.78, 5) is 27.3. The number of ether oxygens (including phenoxy) is 1. The molecule has 0 amide bonds. The minimum absolute atomic E-state index is 0.0225. The van der Waals surface area contributed by atoms with Gasteiger partial charge in [0.25, 0.3) is 0 Å². The van der Waals surface area contributed by atoms with E-state index in [4.69, 9.17) is 21.4 Å². The van der Waals surface area contributed by atoms with Crippen molar-refractivity contribution in [1.29, 1.82) is 0 Å². The van der Waals surface area contributed by atoms with E-state index in [1.54, 1.807) is 23.9 Å². The van der Waals surface area contributed by atoms with Crippen LogP contribution in [0.1, 0.15) is 45.3 Å². The third-order valence-corrected chi connectivity index (χ3v) is 7.47. The average molecular weight is 536 g/mol. The minimum Gasteiger partial charge on any atom is -0.487 e. The number of thioether (sulfide) groups is 1. The number of aromatic nitrogens is 1. The van der Waals surface area contributed by atoms with Crippen molar-refractivity contribution in [3.8, 4) is 5.75 Å². The van der Waals surface area contributed by atoms with E-state index in [0.29, 0.717) is 29.4 Å². The van der Waals surface area contributed by atoms with E-state index in [0.717, 1.165) is 27.7 Å². The van der Waals surface area contributed by atoms with E-state index in [9.17, 15) is 14.7 Å². The fraction of sp³-hybridized carbons (Fsp3) is 0.207. The van der Waals surface area contributed by atoms with Crippen molar-refractivity contribution in [2.45, 2.75) is 31.1 Å². The van der Waals surface area contributed by atoms with Gasteiger partial charge in [0.1, 0.15) is 12.4 Å². The summed E-state index contributed by atoms with van der Waals surface area (Å²) < 4.78 is 6.04. The van der Waals surface area contributed by atoms with Crippen LogP contribution in [0.4, 0.5) is 0 Å². The summed E-state index contributed by atoms with van der Waals surface area (Å²) in [5.41, 5.74) is 3.63. The molecule has 8 heteroatoms. The number of hydrogen-bond donors (Lipinski definition) is 2. The lowest BCUT2D eigenvalue weighted by atomic mass is 9.99. The molecular formula is C29H26ClNO5S. The van der Waals surface area contributed by atoms with Gasteiger partial charge >= 0.3 is 11.9 Å². The second-order valence-corrected chi connectivity index (χ2v) is 10.3. The Kier molecular flexibility index (Phi) is 9.04. The molecule has 0 bridgehead atoms. The van der Waals surface area contributed by atoms with Crippen LogP contribution < -0.4 is 4.74 Å². The number of pyridine rings is 1. The predicted molar refractivity (Wildman–Crippen MR) is 147 cm³/mol. The Bertz CT molecular complexity index is 1410. The molecule has 0 radical (unpaired) electrons. The monoisotopic (exact) mass is 535 g/mol. The van der Waals surface area contributed by atoms with Crippen LogP contribution in [0.15, 0.2) is 78.9 Å². The standard InChI is InChI=1S/C29H26ClNO5S/c30-22-11-8-20-9-12-23(31-26(20)17-22)18-36-24-6-3-5-21(16-24)27(37-15-14-28(32)33)13-10-19-4-1-2-7-25(19)29(34)35/h1-9,11-12,16-17,27H,10,13-15,18H2,(H,32,33)(H,34,35). The maximum Gasteiger partial charge on any atom is 0.335 e. The molecule has 0 aliphatic carbocycles. The quantitative estimate of drug-likeness (QED) is 0.200. The number of aryl methyl sites for hydroxylation is 1. The van der Waals surface area contributed by atoms with Gasteiger partial charge in [-0.3, -0.25) is 4.79 Å². The minimum atomic E-state index is -0.953. The Morgan fingerprint density at radius 3 is 2.59 bits per heavy atom. The number of halogens is 1. The first kappa shape index (κ1) is 26.5. The highest BCUT2D eigenvalue weighted by molar-refractivity contribution is 7.99. The van der Waals surface area contributed by atoms with Crippen LogP contribution in [0.2, 0.25) is 5.02 Å². The molecule has 1 atom stereocenters. The van der Waals surface area contributed by atoms with Gasteiger partial charge in [0, 0.05) is 21.4 Å². The van der Waals surface area contributed by atoms with Crippen molar-refractivity contribution >= 4 is 46.2 Å². The number of aromatic carboxylic acids is 1. The highest BCUT2D eigenvalue weighted by Crippen LogP contribution is 2.36. The van der Waals surface area contributed by atoms with Crippen LogP contribution in [-0.2, 0) is 17.8 Å². The number of carboxylic acid groups (broad SMARTS) is 2. The highest BCUT2D eigenvalue weighted by atomic mass is 35.5. The summed E-state index contributed by atoms with van der Waals surface area (Å²) in [7, 11) is 0.